The molecule has 2 aliphatic rings. The highest BCUT2D eigenvalue weighted by Crippen LogP contribution is 2.39. The number of carbonyl (C=O) groups is 1. The van der Waals surface area contributed by atoms with Gasteiger partial charge in [-0.25, -0.2) is 9.37 Å². The van der Waals surface area contributed by atoms with E-state index >= 15 is 0 Å². The Labute approximate surface area is 144 Å². The molecule has 2 aromatic rings. The first-order chi connectivity index (χ1) is 11.7. The zero-order valence-corrected chi connectivity index (χ0v) is 14.1. The van der Waals surface area contributed by atoms with Crippen LogP contribution in [0.1, 0.15) is 41.4 Å². The average Bonchev–Trinajstić information content (AvgIpc) is 3.38. The molecule has 0 unspecified atom stereocenters. The summed E-state index contributed by atoms with van der Waals surface area (Å²) in [7, 11) is 0. The highest BCUT2D eigenvalue weighted by molar-refractivity contribution is 7.09. The highest BCUT2D eigenvalue weighted by Gasteiger charge is 2.29. The number of benzene rings is 1. The van der Waals surface area contributed by atoms with Crippen molar-refractivity contribution in [2.24, 2.45) is 0 Å². The summed E-state index contributed by atoms with van der Waals surface area (Å²) < 4.78 is 18.3. The Balaban J connectivity index is 1.44. The number of amides is 1. The van der Waals surface area contributed by atoms with Gasteiger partial charge in [0.05, 0.1) is 5.56 Å². The molecule has 2 heterocycles. The Kier molecular flexibility index (Phi) is 4.18. The van der Waals surface area contributed by atoms with E-state index in [2.05, 4.69) is 14.3 Å². The number of hydrogen-bond acceptors (Lipinski definition) is 5. The standard InChI is InChI=1S/C17H19FN4OS/c18-14-5-2-1-4-13(14)16(23)21-8-3-9-22(11-10-21)17-19-15(20-24-17)12-6-7-12/h1-2,4-5,12H,3,6-11H2. The molecule has 5 nitrogen and oxygen atoms in total. The second-order valence-corrected chi connectivity index (χ2v) is 7.05. The molecule has 0 bridgehead atoms. The Morgan fingerprint density at radius 3 is 2.79 bits per heavy atom. The van der Waals surface area contributed by atoms with Crippen LogP contribution in [0.5, 0.6) is 0 Å². The van der Waals surface area contributed by atoms with E-state index in [9.17, 15) is 9.18 Å². The van der Waals surface area contributed by atoms with Crippen LogP contribution >= 0.6 is 11.5 Å². The molecule has 0 radical (unpaired) electrons. The van der Waals surface area contributed by atoms with Gasteiger partial charge in [0.1, 0.15) is 11.6 Å². The maximum absolute atomic E-state index is 13.8. The van der Waals surface area contributed by atoms with Crippen molar-refractivity contribution in [1.29, 1.82) is 0 Å². The molecule has 24 heavy (non-hydrogen) atoms. The second-order valence-electron chi connectivity index (χ2n) is 6.32. The molecule has 1 aliphatic heterocycles. The number of rotatable bonds is 3. The molecule has 2 fully saturated rings. The molecule has 1 saturated carbocycles. The van der Waals surface area contributed by atoms with Crippen molar-refractivity contribution in [2.75, 3.05) is 31.1 Å². The van der Waals surface area contributed by atoms with Gasteiger partial charge in [0.15, 0.2) is 0 Å². The fourth-order valence-electron chi connectivity index (χ4n) is 2.98. The maximum Gasteiger partial charge on any atom is 0.256 e. The zero-order valence-electron chi connectivity index (χ0n) is 13.3. The number of anilines is 1. The lowest BCUT2D eigenvalue weighted by Crippen LogP contribution is -2.35. The third-order valence-electron chi connectivity index (χ3n) is 4.53. The topological polar surface area (TPSA) is 49.3 Å². The minimum absolute atomic E-state index is 0.151. The summed E-state index contributed by atoms with van der Waals surface area (Å²) in [5.74, 6) is 0.840. The number of halogens is 1. The summed E-state index contributed by atoms with van der Waals surface area (Å²) in [6, 6.07) is 6.18. The van der Waals surface area contributed by atoms with Crippen LogP contribution < -0.4 is 4.90 Å². The molecule has 0 atom stereocenters. The number of carbonyl (C=O) groups excluding carboxylic acids is 1. The summed E-state index contributed by atoms with van der Waals surface area (Å²) in [4.78, 5) is 21.1. The molecule has 4 rings (SSSR count). The first-order valence-corrected chi connectivity index (χ1v) is 9.12. The predicted octanol–water partition coefficient (Wildman–Crippen LogP) is 2.91. The minimum atomic E-state index is -0.457. The van der Waals surface area contributed by atoms with E-state index in [0.717, 1.165) is 23.9 Å². The van der Waals surface area contributed by atoms with Gasteiger partial charge in [-0.05, 0) is 31.4 Å². The van der Waals surface area contributed by atoms with Gasteiger partial charge >= 0.3 is 0 Å². The molecule has 1 aliphatic carbocycles. The quantitative estimate of drug-likeness (QED) is 0.857. The lowest BCUT2D eigenvalue weighted by molar-refractivity contribution is 0.0762. The molecule has 1 amide bonds. The lowest BCUT2D eigenvalue weighted by atomic mass is 10.2. The maximum atomic E-state index is 13.8. The fraction of sp³-hybridized carbons (Fsp3) is 0.471. The number of nitrogens with zero attached hydrogens (tertiary/aromatic N) is 4. The molecule has 1 saturated heterocycles. The van der Waals surface area contributed by atoms with E-state index in [0.29, 0.717) is 25.6 Å². The van der Waals surface area contributed by atoms with Crippen molar-refractivity contribution in [3.8, 4) is 0 Å². The largest absolute Gasteiger partial charge is 0.345 e. The molecule has 1 aromatic heterocycles. The third-order valence-corrected chi connectivity index (χ3v) is 5.32. The van der Waals surface area contributed by atoms with Crippen LogP contribution in [-0.4, -0.2) is 46.3 Å². The van der Waals surface area contributed by atoms with Crippen molar-refractivity contribution in [2.45, 2.75) is 25.2 Å². The van der Waals surface area contributed by atoms with Crippen molar-refractivity contribution < 1.29 is 9.18 Å². The minimum Gasteiger partial charge on any atom is -0.345 e. The smallest absolute Gasteiger partial charge is 0.256 e. The summed E-state index contributed by atoms with van der Waals surface area (Å²) in [6.07, 6.45) is 3.24. The summed E-state index contributed by atoms with van der Waals surface area (Å²) in [5, 5.41) is 0.942. The van der Waals surface area contributed by atoms with Crippen LogP contribution in [0.15, 0.2) is 24.3 Å². The number of hydrogen-bond donors (Lipinski definition) is 0. The van der Waals surface area contributed by atoms with Crippen LogP contribution in [0.3, 0.4) is 0 Å². The molecule has 1 aromatic carbocycles. The normalized spacial score (nSPS) is 18.5. The molecule has 0 N–H and O–H groups in total. The van der Waals surface area contributed by atoms with Gasteiger partial charge in [-0.15, -0.1) is 0 Å². The first kappa shape index (κ1) is 15.5. The SMILES string of the molecule is O=C(c1ccccc1F)N1CCCN(c2nc(C3CC3)ns2)CC1. The van der Waals surface area contributed by atoms with Crippen LogP contribution in [-0.2, 0) is 0 Å². The molecule has 7 heteroatoms. The summed E-state index contributed by atoms with van der Waals surface area (Å²) >= 11 is 1.44. The van der Waals surface area contributed by atoms with E-state index < -0.39 is 5.82 Å². The first-order valence-electron chi connectivity index (χ1n) is 8.35. The Morgan fingerprint density at radius 2 is 2.00 bits per heavy atom. The van der Waals surface area contributed by atoms with Gasteiger partial charge in [0.25, 0.3) is 5.91 Å². The van der Waals surface area contributed by atoms with Crippen LogP contribution in [0.25, 0.3) is 0 Å². The Hall–Kier alpha value is -2.02. The van der Waals surface area contributed by atoms with Gasteiger partial charge in [0, 0.05) is 43.6 Å². The van der Waals surface area contributed by atoms with E-state index in [4.69, 9.17) is 0 Å². The van der Waals surface area contributed by atoms with E-state index in [-0.39, 0.29) is 11.5 Å². The lowest BCUT2D eigenvalue weighted by Gasteiger charge is -2.21. The van der Waals surface area contributed by atoms with E-state index in [1.807, 2.05) is 0 Å². The molecule has 0 spiro atoms. The summed E-state index contributed by atoms with van der Waals surface area (Å²) in [6.45, 7) is 2.77. The van der Waals surface area contributed by atoms with Crippen molar-refractivity contribution >= 4 is 22.6 Å². The van der Waals surface area contributed by atoms with E-state index in [1.165, 1.54) is 30.4 Å². The van der Waals surface area contributed by atoms with Gasteiger partial charge < -0.3 is 9.80 Å². The highest BCUT2D eigenvalue weighted by atomic mass is 32.1. The van der Waals surface area contributed by atoms with Gasteiger partial charge in [-0.2, -0.15) is 4.37 Å². The Bertz CT molecular complexity index is 746. The molecular formula is C17H19FN4OS. The average molecular weight is 346 g/mol. The Morgan fingerprint density at radius 1 is 1.17 bits per heavy atom. The van der Waals surface area contributed by atoms with Crippen LogP contribution in [0, 0.1) is 5.82 Å². The summed E-state index contributed by atoms with van der Waals surface area (Å²) in [5.41, 5.74) is 0.151. The second kappa shape index (κ2) is 6.47. The van der Waals surface area contributed by atoms with Crippen molar-refractivity contribution in [3.63, 3.8) is 0 Å². The number of aromatic nitrogens is 2. The monoisotopic (exact) mass is 346 g/mol. The third kappa shape index (κ3) is 3.13. The van der Waals surface area contributed by atoms with Gasteiger partial charge in [-0.1, -0.05) is 12.1 Å². The van der Waals surface area contributed by atoms with Crippen LogP contribution in [0.2, 0.25) is 0 Å². The molecular weight excluding hydrogens is 327 g/mol. The fourth-order valence-corrected chi connectivity index (χ4v) is 3.78. The van der Waals surface area contributed by atoms with Crippen molar-refractivity contribution in [1.82, 2.24) is 14.3 Å². The predicted molar refractivity (Wildman–Crippen MR) is 91.0 cm³/mol. The van der Waals surface area contributed by atoms with Gasteiger partial charge in [-0.3, -0.25) is 4.79 Å². The van der Waals surface area contributed by atoms with Gasteiger partial charge in [0.2, 0.25) is 5.13 Å². The van der Waals surface area contributed by atoms with E-state index in [1.54, 1.807) is 23.1 Å². The zero-order chi connectivity index (χ0) is 16.5. The van der Waals surface area contributed by atoms with Crippen molar-refractivity contribution in [3.05, 3.63) is 41.5 Å². The van der Waals surface area contributed by atoms with Crippen LogP contribution in [0.4, 0.5) is 9.52 Å². The molecule has 126 valence electrons.